The molecule has 4 rings (SSSR count). The normalized spacial score (nSPS) is 15.3. The fourth-order valence-corrected chi connectivity index (χ4v) is 4.88. The van der Waals surface area contributed by atoms with E-state index in [2.05, 4.69) is 10.3 Å². The van der Waals surface area contributed by atoms with E-state index in [1.807, 2.05) is 17.5 Å². The van der Waals surface area contributed by atoms with E-state index in [0.29, 0.717) is 0 Å². The first-order valence-electron chi connectivity index (χ1n) is 8.40. The maximum atomic E-state index is 13.9. The number of nitrogens with zero attached hydrogens (tertiary/aromatic N) is 2. The van der Waals surface area contributed by atoms with Crippen molar-refractivity contribution in [2.24, 2.45) is 0 Å². The average molecular weight is 464 g/mol. The fraction of sp³-hybridized carbons (Fsp3) is 0.0526. The fourth-order valence-electron chi connectivity index (χ4n) is 2.59. The highest BCUT2D eigenvalue weighted by atomic mass is 32.2. The van der Waals surface area contributed by atoms with E-state index >= 15 is 0 Å². The number of hydrogen-bond donors (Lipinski definition) is 1. The highest BCUT2D eigenvalue weighted by Gasteiger charge is 2.36. The molecule has 1 fully saturated rings. The maximum Gasteiger partial charge on any atom is 0.294 e. The lowest BCUT2D eigenvalue weighted by atomic mass is 10.1. The molecule has 0 unspecified atom stereocenters. The van der Waals surface area contributed by atoms with Crippen molar-refractivity contribution in [3.8, 4) is 11.3 Å². The zero-order valence-corrected chi connectivity index (χ0v) is 17.4. The number of carbonyl (C=O) groups excluding carboxylic acids is 3. The summed E-state index contributed by atoms with van der Waals surface area (Å²) in [5.41, 5.74) is 0.133. The molecule has 0 aliphatic carbocycles. The molecule has 30 heavy (non-hydrogen) atoms. The van der Waals surface area contributed by atoms with Crippen LogP contribution in [0.3, 0.4) is 0 Å². The number of imide groups is 1. The van der Waals surface area contributed by atoms with Crippen LogP contribution in [0.5, 0.6) is 0 Å². The largest absolute Gasteiger partial charge is 0.300 e. The van der Waals surface area contributed by atoms with Gasteiger partial charge in [0, 0.05) is 15.8 Å². The second-order valence-electron chi connectivity index (χ2n) is 5.99. The van der Waals surface area contributed by atoms with Gasteiger partial charge in [0.15, 0.2) is 5.13 Å². The van der Waals surface area contributed by atoms with Gasteiger partial charge in [-0.3, -0.25) is 19.3 Å². The Hall–Kier alpha value is -2.89. The molecule has 0 atom stereocenters. The Kier molecular flexibility index (Phi) is 5.75. The number of halogens is 2. The van der Waals surface area contributed by atoms with Gasteiger partial charge in [-0.1, -0.05) is 6.07 Å². The van der Waals surface area contributed by atoms with Crippen LogP contribution in [0.25, 0.3) is 17.3 Å². The number of amides is 3. The Morgan fingerprint density at radius 1 is 1.20 bits per heavy atom. The van der Waals surface area contributed by atoms with Crippen LogP contribution in [0.4, 0.5) is 18.7 Å². The van der Waals surface area contributed by atoms with Gasteiger partial charge in [-0.15, -0.1) is 22.7 Å². The van der Waals surface area contributed by atoms with Crippen molar-refractivity contribution in [1.82, 2.24) is 9.88 Å². The number of aromatic nitrogens is 1. The minimum Gasteiger partial charge on any atom is -0.300 e. The van der Waals surface area contributed by atoms with E-state index < -0.39 is 35.2 Å². The number of thiazole rings is 1. The van der Waals surface area contributed by atoms with E-state index in [-0.39, 0.29) is 21.3 Å². The first-order chi connectivity index (χ1) is 14.4. The number of thioether (sulfide) groups is 1. The zero-order valence-electron chi connectivity index (χ0n) is 14.9. The molecule has 1 aliphatic rings. The minimum atomic E-state index is -0.644. The van der Waals surface area contributed by atoms with E-state index in [9.17, 15) is 23.2 Å². The molecule has 1 aromatic carbocycles. The molecule has 3 amide bonds. The van der Waals surface area contributed by atoms with E-state index in [1.165, 1.54) is 16.7 Å². The summed E-state index contributed by atoms with van der Waals surface area (Å²) in [5, 5.41) is 5.39. The summed E-state index contributed by atoms with van der Waals surface area (Å²) in [5.74, 6) is -2.43. The molecule has 1 aliphatic heterocycles. The Morgan fingerprint density at radius 2 is 2.03 bits per heavy atom. The average Bonchev–Trinajstić information content (AvgIpc) is 3.43. The maximum absolute atomic E-state index is 13.9. The van der Waals surface area contributed by atoms with Gasteiger partial charge in [0.05, 0.1) is 10.6 Å². The van der Waals surface area contributed by atoms with Gasteiger partial charge in [-0.2, -0.15) is 0 Å². The second kappa shape index (κ2) is 8.46. The van der Waals surface area contributed by atoms with Crippen molar-refractivity contribution in [2.45, 2.75) is 0 Å². The molecule has 0 radical (unpaired) electrons. The first kappa shape index (κ1) is 20.4. The van der Waals surface area contributed by atoms with Gasteiger partial charge in [-0.05, 0) is 47.5 Å². The van der Waals surface area contributed by atoms with Crippen molar-refractivity contribution >= 4 is 62.7 Å². The minimum absolute atomic E-state index is 0.0311. The SMILES string of the molecule is O=C(CN1C(=O)S/C(=C\c2cccs2)C1=O)Nc1nc(-c2cc(F)ccc2F)cs1. The number of carbonyl (C=O) groups is 3. The zero-order chi connectivity index (χ0) is 21.3. The van der Waals surface area contributed by atoms with Gasteiger partial charge >= 0.3 is 0 Å². The van der Waals surface area contributed by atoms with Crippen LogP contribution < -0.4 is 5.32 Å². The summed E-state index contributed by atoms with van der Waals surface area (Å²) in [4.78, 5) is 42.9. The lowest BCUT2D eigenvalue weighted by molar-refractivity contribution is -0.127. The summed E-state index contributed by atoms with van der Waals surface area (Å²) in [6.07, 6.45) is 1.61. The number of hydrogen-bond acceptors (Lipinski definition) is 7. The molecule has 3 aromatic rings. The summed E-state index contributed by atoms with van der Waals surface area (Å²) >= 11 is 3.21. The van der Waals surface area contributed by atoms with E-state index in [0.717, 1.165) is 51.1 Å². The van der Waals surface area contributed by atoms with Gasteiger partial charge in [-0.25, -0.2) is 13.8 Å². The number of anilines is 1. The molecule has 3 heterocycles. The smallest absolute Gasteiger partial charge is 0.294 e. The van der Waals surface area contributed by atoms with Crippen LogP contribution in [0.15, 0.2) is 46.0 Å². The topological polar surface area (TPSA) is 79.4 Å². The molecule has 11 heteroatoms. The van der Waals surface area contributed by atoms with Crippen molar-refractivity contribution in [1.29, 1.82) is 0 Å². The molecule has 1 N–H and O–H groups in total. The predicted octanol–water partition coefficient (Wildman–Crippen LogP) is 4.82. The van der Waals surface area contributed by atoms with Crippen LogP contribution in [0.1, 0.15) is 4.88 Å². The number of benzene rings is 1. The van der Waals surface area contributed by atoms with Crippen LogP contribution in [-0.4, -0.2) is 33.5 Å². The highest BCUT2D eigenvalue weighted by molar-refractivity contribution is 8.18. The lowest BCUT2D eigenvalue weighted by Crippen LogP contribution is -2.36. The third kappa shape index (κ3) is 4.32. The van der Waals surface area contributed by atoms with Crippen molar-refractivity contribution in [3.63, 3.8) is 0 Å². The van der Waals surface area contributed by atoms with Crippen molar-refractivity contribution in [3.05, 3.63) is 62.5 Å². The Bertz CT molecular complexity index is 1170. The molecule has 0 bridgehead atoms. The van der Waals surface area contributed by atoms with Gasteiger partial charge in [0.2, 0.25) is 5.91 Å². The third-order valence-electron chi connectivity index (χ3n) is 3.95. The summed E-state index contributed by atoms with van der Waals surface area (Å²) in [6.45, 7) is -0.477. The second-order valence-corrected chi connectivity index (χ2v) is 8.82. The summed E-state index contributed by atoms with van der Waals surface area (Å²) < 4.78 is 27.2. The Labute approximate surface area is 181 Å². The molecule has 1 saturated heterocycles. The summed E-state index contributed by atoms with van der Waals surface area (Å²) in [6, 6.07) is 6.64. The summed E-state index contributed by atoms with van der Waals surface area (Å²) in [7, 11) is 0. The predicted molar refractivity (Wildman–Crippen MR) is 113 cm³/mol. The van der Waals surface area contributed by atoms with E-state index in [4.69, 9.17) is 0 Å². The molecular formula is C19H11F2N3O3S3. The van der Waals surface area contributed by atoms with Crippen LogP contribution in [-0.2, 0) is 9.59 Å². The Morgan fingerprint density at radius 3 is 2.80 bits per heavy atom. The molecular weight excluding hydrogens is 452 g/mol. The number of thiophene rings is 1. The van der Waals surface area contributed by atoms with Gasteiger partial charge < -0.3 is 5.32 Å². The Balaban J connectivity index is 1.43. The number of nitrogens with one attached hydrogen (secondary N) is 1. The van der Waals surface area contributed by atoms with E-state index in [1.54, 1.807) is 6.08 Å². The molecule has 6 nitrogen and oxygen atoms in total. The third-order valence-corrected chi connectivity index (χ3v) is 6.43. The standard InChI is InChI=1S/C19H11F2N3O3S3/c20-10-3-4-13(21)12(6-10)14-9-29-18(22-14)23-16(25)8-24-17(26)15(30-19(24)27)7-11-2-1-5-28-11/h1-7,9H,8H2,(H,22,23,25)/b15-7-. The number of rotatable bonds is 5. The molecule has 152 valence electrons. The van der Waals surface area contributed by atoms with Gasteiger partial charge in [0.1, 0.15) is 18.2 Å². The quantitative estimate of drug-likeness (QED) is 0.549. The van der Waals surface area contributed by atoms with Crippen molar-refractivity contribution < 1.29 is 23.2 Å². The van der Waals surface area contributed by atoms with Crippen molar-refractivity contribution in [2.75, 3.05) is 11.9 Å². The molecule has 0 saturated carbocycles. The molecule has 2 aromatic heterocycles. The van der Waals surface area contributed by atoms with Crippen LogP contribution in [0.2, 0.25) is 0 Å². The first-order valence-corrected chi connectivity index (χ1v) is 11.0. The highest BCUT2D eigenvalue weighted by Crippen LogP contribution is 2.33. The van der Waals surface area contributed by atoms with Crippen LogP contribution in [0, 0.1) is 11.6 Å². The van der Waals surface area contributed by atoms with Crippen LogP contribution >= 0.6 is 34.4 Å². The lowest BCUT2D eigenvalue weighted by Gasteiger charge is -2.11. The monoisotopic (exact) mass is 463 g/mol. The molecule has 0 spiro atoms. The van der Waals surface area contributed by atoms with Gasteiger partial charge in [0.25, 0.3) is 11.1 Å².